The van der Waals surface area contributed by atoms with Gasteiger partial charge in [-0.3, -0.25) is 0 Å². The minimum atomic E-state index is -2.52. The van der Waals surface area contributed by atoms with Crippen molar-refractivity contribution in [2.75, 3.05) is 7.11 Å². The Hall–Kier alpha value is -1.20. The van der Waals surface area contributed by atoms with Crippen molar-refractivity contribution in [1.82, 2.24) is 5.48 Å². The van der Waals surface area contributed by atoms with Gasteiger partial charge >= 0.3 is 0 Å². The lowest BCUT2D eigenvalue weighted by molar-refractivity contribution is 0.149. The zero-order chi connectivity index (χ0) is 10.6. The average Bonchev–Trinajstić information content (AvgIpc) is 2.18. The summed E-state index contributed by atoms with van der Waals surface area (Å²) in [5.41, 5.74) is 2.31. The van der Waals surface area contributed by atoms with Crippen molar-refractivity contribution >= 4 is 0 Å². The fourth-order valence-electron chi connectivity index (χ4n) is 1.16. The molecule has 2 N–H and O–H groups in total. The molecule has 3 nitrogen and oxygen atoms in total. The molecule has 0 radical (unpaired) electrons. The molecule has 0 bridgehead atoms. The number of hydrogen-bond donors (Lipinski definition) is 2. The molecule has 0 amide bonds. The largest absolute Gasteiger partial charge is 0.496 e. The Bertz CT molecular complexity index is 305. The van der Waals surface area contributed by atoms with Gasteiger partial charge in [0.2, 0.25) is 0 Å². The van der Waals surface area contributed by atoms with E-state index in [9.17, 15) is 8.78 Å². The van der Waals surface area contributed by atoms with Crippen molar-refractivity contribution < 1.29 is 18.7 Å². The zero-order valence-electron chi connectivity index (χ0n) is 7.63. The smallest absolute Gasteiger partial charge is 0.263 e. The van der Waals surface area contributed by atoms with Crippen molar-refractivity contribution in [3.63, 3.8) is 0 Å². The third-order valence-corrected chi connectivity index (χ3v) is 1.83. The topological polar surface area (TPSA) is 41.5 Å². The molecule has 0 aliphatic heterocycles. The molecule has 0 fully saturated rings. The van der Waals surface area contributed by atoms with E-state index in [2.05, 4.69) is 0 Å². The molecule has 78 valence electrons. The number of halogens is 2. The second kappa shape index (κ2) is 4.88. The first-order valence-electron chi connectivity index (χ1n) is 4.01. The molecule has 0 spiro atoms. The van der Waals surface area contributed by atoms with Crippen LogP contribution in [0.1, 0.15) is 17.6 Å². The number of benzene rings is 1. The molecule has 0 heterocycles. The molecule has 0 aliphatic carbocycles. The Morgan fingerprint density at radius 3 is 2.71 bits per heavy atom. The van der Waals surface area contributed by atoms with Crippen LogP contribution in [-0.2, 0) is 6.54 Å². The Kier molecular flexibility index (Phi) is 3.79. The van der Waals surface area contributed by atoms with Gasteiger partial charge in [0.05, 0.1) is 7.11 Å². The van der Waals surface area contributed by atoms with Crippen molar-refractivity contribution in [2.24, 2.45) is 0 Å². The number of methoxy groups -OCH3 is 1. The first-order valence-corrected chi connectivity index (χ1v) is 4.01. The van der Waals surface area contributed by atoms with Gasteiger partial charge in [0.1, 0.15) is 5.75 Å². The molecule has 0 unspecified atom stereocenters. The van der Waals surface area contributed by atoms with E-state index in [1.165, 1.54) is 25.3 Å². The summed E-state index contributed by atoms with van der Waals surface area (Å²) < 4.78 is 29.5. The monoisotopic (exact) mass is 203 g/mol. The number of ether oxygens (including phenoxy) is 1. The van der Waals surface area contributed by atoms with E-state index in [-0.39, 0.29) is 12.1 Å². The van der Waals surface area contributed by atoms with E-state index in [1.807, 2.05) is 5.48 Å². The maximum absolute atomic E-state index is 12.3. The zero-order valence-corrected chi connectivity index (χ0v) is 7.63. The summed E-state index contributed by atoms with van der Waals surface area (Å²) in [5, 5.41) is 8.48. The Morgan fingerprint density at radius 2 is 2.21 bits per heavy atom. The molecule has 1 rings (SSSR count). The van der Waals surface area contributed by atoms with Crippen molar-refractivity contribution in [2.45, 2.75) is 13.0 Å². The van der Waals surface area contributed by atoms with Crippen molar-refractivity contribution in [3.8, 4) is 5.75 Å². The summed E-state index contributed by atoms with van der Waals surface area (Å²) in [6.45, 7) is 0.0731. The Balaban J connectivity index is 3.01. The Labute approximate surface area is 80.3 Å². The maximum atomic E-state index is 12.3. The summed E-state index contributed by atoms with van der Waals surface area (Å²) in [5.74, 6) is 0.468. The molecular formula is C9H11F2NO2. The van der Waals surface area contributed by atoms with Gasteiger partial charge in [0.15, 0.2) is 0 Å². The highest BCUT2D eigenvalue weighted by Gasteiger charge is 2.10. The van der Waals surface area contributed by atoms with Gasteiger partial charge in [0.25, 0.3) is 6.43 Å². The van der Waals surface area contributed by atoms with Crippen LogP contribution in [0.25, 0.3) is 0 Å². The van der Waals surface area contributed by atoms with Crippen LogP contribution >= 0.6 is 0 Å². The summed E-state index contributed by atoms with van der Waals surface area (Å²) in [7, 11) is 1.44. The molecule has 0 saturated heterocycles. The lowest BCUT2D eigenvalue weighted by atomic mass is 10.1. The second-order valence-electron chi connectivity index (χ2n) is 2.71. The minimum Gasteiger partial charge on any atom is -0.496 e. The lowest BCUT2D eigenvalue weighted by Gasteiger charge is -2.09. The minimum absolute atomic E-state index is 0.0731. The first kappa shape index (κ1) is 10.9. The van der Waals surface area contributed by atoms with Crippen LogP contribution in [0.2, 0.25) is 0 Å². The van der Waals surface area contributed by atoms with Gasteiger partial charge in [-0.15, -0.1) is 0 Å². The highest BCUT2D eigenvalue weighted by molar-refractivity contribution is 5.37. The second-order valence-corrected chi connectivity index (χ2v) is 2.71. The van der Waals surface area contributed by atoms with Crippen LogP contribution in [0.4, 0.5) is 8.78 Å². The Morgan fingerprint density at radius 1 is 1.50 bits per heavy atom. The quantitative estimate of drug-likeness (QED) is 0.736. The predicted octanol–water partition coefficient (Wildman–Crippen LogP) is 2.11. The van der Waals surface area contributed by atoms with E-state index >= 15 is 0 Å². The SMILES string of the molecule is COc1ccc(C(F)F)cc1CNO. The molecular weight excluding hydrogens is 192 g/mol. The van der Waals surface area contributed by atoms with Crippen LogP contribution < -0.4 is 10.2 Å². The van der Waals surface area contributed by atoms with Crippen LogP contribution in [-0.4, -0.2) is 12.3 Å². The highest BCUT2D eigenvalue weighted by atomic mass is 19.3. The fourth-order valence-corrected chi connectivity index (χ4v) is 1.16. The van der Waals surface area contributed by atoms with Gasteiger partial charge in [-0.05, 0) is 18.2 Å². The molecule has 0 aromatic heterocycles. The van der Waals surface area contributed by atoms with Gasteiger partial charge in [0, 0.05) is 17.7 Å². The molecule has 1 aromatic carbocycles. The maximum Gasteiger partial charge on any atom is 0.263 e. The average molecular weight is 203 g/mol. The van der Waals surface area contributed by atoms with E-state index in [1.54, 1.807) is 0 Å². The van der Waals surface area contributed by atoms with Crippen LogP contribution in [0, 0.1) is 0 Å². The van der Waals surface area contributed by atoms with Crippen LogP contribution in [0.15, 0.2) is 18.2 Å². The van der Waals surface area contributed by atoms with Crippen molar-refractivity contribution in [1.29, 1.82) is 0 Å². The third kappa shape index (κ3) is 2.40. The van der Waals surface area contributed by atoms with Crippen molar-refractivity contribution in [3.05, 3.63) is 29.3 Å². The number of rotatable bonds is 4. The van der Waals surface area contributed by atoms with Crippen LogP contribution in [0.5, 0.6) is 5.75 Å². The lowest BCUT2D eigenvalue weighted by Crippen LogP contribution is -2.08. The summed E-state index contributed by atoms with van der Waals surface area (Å²) in [4.78, 5) is 0. The van der Waals surface area contributed by atoms with Gasteiger partial charge < -0.3 is 9.94 Å². The normalized spacial score (nSPS) is 10.6. The summed E-state index contributed by atoms with van der Waals surface area (Å²) >= 11 is 0. The number of hydrogen-bond acceptors (Lipinski definition) is 3. The highest BCUT2D eigenvalue weighted by Crippen LogP contribution is 2.25. The van der Waals surface area contributed by atoms with E-state index in [0.29, 0.717) is 11.3 Å². The van der Waals surface area contributed by atoms with Gasteiger partial charge in [-0.25, -0.2) is 14.3 Å². The molecule has 0 saturated carbocycles. The summed E-state index contributed by atoms with van der Waals surface area (Å²) in [6.07, 6.45) is -2.52. The van der Waals surface area contributed by atoms with E-state index in [0.717, 1.165) is 0 Å². The molecule has 1 aromatic rings. The number of alkyl halides is 2. The third-order valence-electron chi connectivity index (χ3n) is 1.83. The first-order chi connectivity index (χ1) is 6.69. The standard InChI is InChI=1S/C9H11F2NO2/c1-14-8-3-2-6(9(10)11)4-7(8)5-12-13/h2-4,9,12-13H,5H2,1H3. The number of hydroxylamine groups is 1. The van der Waals surface area contributed by atoms with Gasteiger partial charge in [-0.1, -0.05) is 0 Å². The van der Waals surface area contributed by atoms with Crippen LogP contribution in [0.3, 0.4) is 0 Å². The summed E-state index contributed by atoms with van der Waals surface area (Å²) in [6, 6.07) is 4.05. The molecule has 0 atom stereocenters. The predicted molar refractivity (Wildman–Crippen MR) is 46.6 cm³/mol. The molecule has 0 aliphatic rings. The van der Waals surface area contributed by atoms with Gasteiger partial charge in [-0.2, -0.15) is 0 Å². The molecule has 14 heavy (non-hydrogen) atoms. The fraction of sp³-hybridized carbons (Fsp3) is 0.333. The van der Waals surface area contributed by atoms with E-state index < -0.39 is 6.43 Å². The number of nitrogens with one attached hydrogen (secondary N) is 1. The molecule has 5 heteroatoms. The van der Waals surface area contributed by atoms with E-state index in [4.69, 9.17) is 9.94 Å².